The highest BCUT2D eigenvalue weighted by molar-refractivity contribution is 5.80. The normalized spacial score (nSPS) is 24.0. The predicted molar refractivity (Wildman–Crippen MR) is 95.9 cm³/mol. The largest absolute Gasteiger partial charge is 0.445 e. The van der Waals surface area contributed by atoms with Crippen LogP contribution in [0.4, 0.5) is 4.79 Å². The van der Waals surface area contributed by atoms with Gasteiger partial charge in [-0.2, -0.15) is 0 Å². The van der Waals surface area contributed by atoms with E-state index in [1.54, 1.807) is 4.90 Å². The molecule has 0 aromatic heterocycles. The van der Waals surface area contributed by atoms with Gasteiger partial charge in [0.25, 0.3) is 0 Å². The number of likely N-dealkylation sites (tertiary alicyclic amines) is 2. The molecule has 0 aliphatic carbocycles. The molecule has 2 fully saturated rings. The van der Waals surface area contributed by atoms with E-state index in [1.807, 2.05) is 35.2 Å². The van der Waals surface area contributed by atoms with Crippen molar-refractivity contribution in [1.82, 2.24) is 9.80 Å². The Bertz CT molecular complexity index is 590. The molecule has 5 heteroatoms. The van der Waals surface area contributed by atoms with Crippen molar-refractivity contribution in [2.45, 2.75) is 39.2 Å². The number of nitrogens with zero attached hydrogens (tertiary/aromatic N) is 2. The summed E-state index contributed by atoms with van der Waals surface area (Å²) in [6.07, 6.45) is 3.70. The molecule has 2 atom stereocenters. The summed E-state index contributed by atoms with van der Waals surface area (Å²) in [6.45, 7) is 5.35. The summed E-state index contributed by atoms with van der Waals surface area (Å²) in [7, 11) is 0. The maximum Gasteiger partial charge on any atom is 0.410 e. The molecule has 25 heavy (non-hydrogen) atoms. The molecule has 0 radical (unpaired) electrons. The first kappa shape index (κ1) is 17.8. The second-order valence-corrected chi connectivity index (χ2v) is 7.36. The lowest BCUT2D eigenvalue weighted by atomic mass is 9.94. The van der Waals surface area contributed by atoms with E-state index >= 15 is 0 Å². The smallest absolute Gasteiger partial charge is 0.410 e. The van der Waals surface area contributed by atoms with E-state index in [2.05, 4.69) is 6.92 Å². The quantitative estimate of drug-likeness (QED) is 0.845. The summed E-state index contributed by atoms with van der Waals surface area (Å²) >= 11 is 0. The van der Waals surface area contributed by atoms with E-state index in [0.717, 1.165) is 37.9 Å². The minimum atomic E-state index is -0.312. The van der Waals surface area contributed by atoms with Crippen molar-refractivity contribution in [1.29, 1.82) is 0 Å². The van der Waals surface area contributed by atoms with Crippen molar-refractivity contribution in [3.05, 3.63) is 35.9 Å². The van der Waals surface area contributed by atoms with Gasteiger partial charge in [0, 0.05) is 26.2 Å². The molecule has 0 N–H and O–H groups in total. The Labute approximate surface area is 149 Å². The molecule has 2 aliphatic heterocycles. The number of rotatable bonds is 3. The number of ether oxygens (including phenoxy) is 1. The zero-order valence-corrected chi connectivity index (χ0v) is 15.0. The fraction of sp³-hybridized carbons (Fsp3) is 0.600. The van der Waals surface area contributed by atoms with Gasteiger partial charge in [0.1, 0.15) is 6.61 Å². The second kappa shape index (κ2) is 8.37. The highest BCUT2D eigenvalue weighted by Crippen LogP contribution is 2.23. The van der Waals surface area contributed by atoms with E-state index in [9.17, 15) is 9.59 Å². The van der Waals surface area contributed by atoms with Crippen molar-refractivity contribution in [2.24, 2.45) is 11.8 Å². The van der Waals surface area contributed by atoms with Gasteiger partial charge in [0.15, 0.2) is 0 Å². The summed E-state index contributed by atoms with van der Waals surface area (Å²) in [5, 5.41) is 0. The van der Waals surface area contributed by atoms with Crippen LogP contribution in [0, 0.1) is 11.8 Å². The second-order valence-electron chi connectivity index (χ2n) is 7.36. The molecule has 0 bridgehead atoms. The lowest BCUT2D eigenvalue weighted by Gasteiger charge is -2.37. The Balaban J connectivity index is 1.51. The van der Waals surface area contributed by atoms with Crippen LogP contribution in [0.25, 0.3) is 0 Å². The molecule has 2 amide bonds. The monoisotopic (exact) mass is 344 g/mol. The van der Waals surface area contributed by atoms with Crippen molar-refractivity contribution < 1.29 is 14.3 Å². The number of carbonyl (C=O) groups is 2. The maximum absolute atomic E-state index is 12.8. The minimum Gasteiger partial charge on any atom is -0.445 e. The van der Waals surface area contributed by atoms with Gasteiger partial charge in [-0.15, -0.1) is 0 Å². The van der Waals surface area contributed by atoms with Crippen LogP contribution in [-0.2, 0) is 16.1 Å². The zero-order chi connectivity index (χ0) is 17.6. The van der Waals surface area contributed by atoms with Crippen molar-refractivity contribution >= 4 is 12.0 Å². The fourth-order valence-electron chi connectivity index (χ4n) is 3.80. The van der Waals surface area contributed by atoms with Crippen molar-refractivity contribution in [3.8, 4) is 0 Å². The van der Waals surface area contributed by atoms with Crippen LogP contribution in [-0.4, -0.2) is 48.0 Å². The van der Waals surface area contributed by atoms with E-state index in [0.29, 0.717) is 19.0 Å². The number of piperidine rings is 2. The third kappa shape index (κ3) is 4.74. The molecule has 3 rings (SSSR count). The lowest BCUT2D eigenvalue weighted by Crippen LogP contribution is -2.49. The first-order chi connectivity index (χ1) is 12.1. The van der Waals surface area contributed by atoms with Gasteiger partial charge >= 0.3 is 6.09 Å². The van der Waals surface area contributed by atoms with Gasteiger partial charge in [-0.1, -0.05) is 37.3 Å². The first-order valence-electron chi connectivity index (χ1n) is 9.38. The molecular weight excluding hydrogens is 316 g/mol. The number of amides is 2. The fourth-order valence-corrected chi connectivity index (χ4v) is 3.80. The molecule has 2 heterocycles. The van der Waals surface area contributed by atoms with E-state index in [1.165, 1.54) is 6.42 Å². The molecule has 1 aromatic rings. The van der Waals surface area contributed by atoms with Gasteiger partial charge in [0.05, 0.1) is 5.92 Å². The average molecular weight is 344 g/mol. The molecule has 0 spiro atoms. The zero-order valence-electron chi connectivity index (χ0n) is 15.0. The highest BCUT2D eigenvalue weighted by atomic mass is 16.6. The summed E-state index contributed by atoms with van der Waals surface area (Å²) in [5.74, 6) is 0.712. The molecule has 2 saturated heterocycles. The van der Waals surface area contributed by atoms with Gasteiger partial charge in [-0.3, -0.25) is 4.79 Å². The molecule has 136 valence electrons. The molecular formula is C20H28N2O3. The third-order valence-electron chi connectivity index (χ3n) is 5.20. The van der Waals surface area contributed by atoms with Crippen LogP contribution in [0.1, 0.15) is 38.2 Å². The molecule has 0 saturated carbocycles. The van der Waals surface area contributed by atoms with Crippen LogP contribution < -0.4 is 0 Å². The van der Waals surface area contributed by atoms with Crippen LogP contribution in [0.5, 0.6) is 0 Å². The molecule has 5 nitrogen and oxygen atoms in total. The van der Waals surface area contributed by atoms with Crippen molar-refractivity contribution in [2.75, 3.05) is 26.2 Å². The summed E-state index contributed by atoms with van der Waals surface area (Å²) < 4.78 is 5.42. The first-order valence-corrected chi connectivity index (χ1v) is 9.38. The van der Waals surface area contributed by atoms with Crippen LogP contribution in [0.2, 0.25) is 0 Å². The van der Waals surface area contributed by atoms with Gasteiger partial charge in [-0.25, -0.2) is 4.79 Å². The Morgan fingerprint density at radius 3 is 2.52 bits per heavy atom. The number of hydrogen-bond donors (Lipinski definition) is 0. The average Bonchev–Trinajstić information content (AvgIpc) is 2.66. The van der Waals surface area contributed by atoms with E-state index < -0.39 is 0 Å². The highest BCUT2D eigenvalue weighted by Gasteiger charge is 2.33. The topological polar surface area (TPSA) is 49.9 Å². The molecule has 2 aliphatic rings. The Hall–Kier alpha value is -2.04. The Kier molecular flexibility index (Phi) is 5.95. The minimum absolute atomic E-state index is 0.0803. The SMILES string of the molecule is CC1CCCN(C(=O)C2CCCN(C(=O)OCc3ccccc3)C2)C1. The van der Waals surface area contributed by atoms with Gasteiger partial charge in [-0.05, 0) is 37.2 Å². The Morgan fingerprint density at radius 1 is 1.04 bits per heavy atom. The van der Waals surface area contributed by atoms with Crippen LogP contribution >= 0.6 is 0 Å². The third-order valence-corrected chi connectivity index (χ3v) is 5.20. The predicted octanol–water partition coefficient (Wildman–Crippen LogP) is 3.29. The standard InChI is InChI=1S/C20H28N2O3/c1-16-7-5-11-21(13-16)19(23)18-10-6-12-22(14-18)20(24)25-15-17-8-3-2-4-9-17/h2-4,8-9,16,18H,5-7,10-15H2,1H3. The number of hydrogen-bond acceptors (Lipinski definition) is 3. The molecule has 2 unspecified atom stereocenters. The molecule has 1 aromatic carbocycles. The maximum atomic E-state index is 12.8. The number of carbonyl (C=O) groups excluding carboxylic acids is 2. The van der Waals surface area contributed by atoms with Crippen LogP contribution in [0.3, 0.4) is 0 Å². The van der Waals surface area contributed by atoms with E-state index in [4.69, 9.17) is 4.74 Å². The summed E-state index contributed by atoms with van der Waals surface area (Å²) in [5.41, 5.74) is 0.975. The van der Waals surface area contributed by atoms with Gasteiger partial charge in [0.2, 0.25) is 5.91 Å². The van der Waals surface area contributed by atoms with E-state index in [-0.39, 0.29) is 24.5 Å². The summed E-state index contributed by atoms with van der Waals surface area (Å²) in [6, 6.07) is 9.67. The van der Waals surface area contributed by atoms with Crippen LogP contribution in [0.15, 0.2) is 30.3 Å². The summed E-state index contributed by atoms with van der Waals surface area (Å²) in [4.78, 5) is 28.8. The van der Waals surface area contributed by atoms with Gasteiger partial charge < -0.3 is 14.5 Å². The Morgan fingerprint density at radius 2 is 1.76 bits per heavy atom. The number of benzene rings is 1. The van der Waals surface area contributed by atoms with Crippen molar-refractivity contribution in [3.63, 3.8) is 0 Å². The lowest BCUT2D eigenvalue weighted by molar-refractivity contribution is -0.138.